The number of anilines is 1. The molecule has 13 heteroatoms. The van der Waals surface area contributed by atoms with Crippen LogP contribution < -0.4 is 19.5 Å². The molecule has 11 nitrogen and oxygen atoms in total. The number of nitrogens with zero attached hydrogens (tertiary/aromatic N) is 1. The maximum atomic E-state index is 13.0. The summed E-state index contributed by atoms with van der Waals surface area (Å²) < 4.78 is 55.7. The van der Waals surface area contributed by atoms with Crippen LogP contribution in [-0.2, 0) is 29.8 Å². The zero-order valence-corrected chi connectivity index (χ0v) is 20.7. The Morgan fingerprint density at radius 2 is 1.91 bits per heavy atom. The van der Waals surface area contributed by atoms with Gasteiger partial charge in [-0.3, -0.25) is 9.59 Å². The molecule has 190 valence electrons. The molecule has 0 aliphatic carbocycles. The number of phenols is 1. The maximum absolute atomic E-state index is 13.0. The van der Waals surface area contributed by atoms with E-state index in [-0.39, 0.29) is 22.8 Å². The Kier molecular flexibility index (Phi) is 8.03. The van der Waals surface area contributed by atoms with Crippen molar-refractivity contribution in [2.24, 2.45) is 5.73 Å². The van der Waals surface area contributed by atoms with Crippen molar-refractivity contribution in [2.75, 3.05) is 10.8 Å². The van der Waals surface area contributed by atoms with Crippen molar-refractivity contribution in [3.05, 3.63) is 54.1 Å². The van der Waals surface area contributed by atoms with Gasteiger partial charge in [-0.25, -0.2) is 22.2 Å². The first kappa shape index (κ1) is 26.4. The van der Waals surface area contributed by atoms with E-state index in [1.165, 1.54) is 24.3 Å². The van der Waals surface area contributed by atoms with Gasteiger partial charge in [0, 0.05) is 18.4 Å². The fourth-order valence-corrected chi connectivity index (χ4v) is 6.60. The van der Waals surface area contributed by atoms with Crippen molar-refractivity contribution in [3.8, 4) is 5.75 Å². The Hall–Kier alpha value is -3.16. The van der Waals surface area contributed by atoms with Gasteiger partial charge in [0.25, 0.3) is 5.91 Å². The number of aromatic hydroxyl groups is 1. The second-order valence-electron chi connectivity index (χ2n) is 8.20. The van der Waals surface area contributed by atoms with Crippen molar-refractivity contribution in [1.82, 2.24) is 9.44 Å². The van der Waals surface area contributed by atoms with Crippen molar-refractivity contribution in [3.63, 3.8) is 0 Å². The summed E-state index contributed by atoms with van der Waals surface area (Å²) in [7, 11) is -7.99. The van der Waals surface area contributed by atoms with E-state index < -0.39 is 50.6 Å². The van der Waals surface area contributed by atoms with Gasteiger partial charge in [0.05, 0.1) is 10.6 Å². The highest BCUT2D eigenvalue weighted by Crippen LogP contribution is 2.36. The number of hydrogen-bond donors (Lipinski definition) is 4. The molecule has 5 N–H and O–H groups in total. The summed E-state index contributed by atoms with van der Waals surface area (Å²) in [6.45, 7) is 1.39. The smallest absolute Gasteiger partial charge is 0.326 e. The third kappa shape index (κ3) is 6.29. The molecule has 0 bridgehead atoms. The first-order valence-electron chi connectivity index (χ1n) is 11.0. The van der Waals surface area contributed by atoms with E-state index in [2.05, 4.69) is 4.72 Å². The molecule has 35 heavy (non-hydrogen) atoms. The Labute approximate surface area is 204 Å². The molecule has 0 aromatic heterocycles. The minimum atomic E-state index is -4.10. The van der Waals surface area contributed by atoms with Crippen LogP contribution in [-0.4, -0.2) is 46.3 Å². The number of amides is 2. The summed E-state index contributed by atoms with van der Waals surface area (Å²) in [5.41, 5.74) is 5.74. The lowest BCUT2D eigenvalue weighted by Gasteiger charge is -2.28. The van der Waals surface area contributed by atoms with Crippen LogP contribution in [0.3, 0.4) is 0 Å². The van der Waals surface area contributed by atoms with E-state index in [1.807, 2.05) is 11.6 Å². The van der Waals surface area contributed by atoms with Crippen LogP contribution in [0.4, 0.5) is 5.69 Å². The third-order valence-corrected chi connectivity index (χ3v) is 8.64. The van der Waals surface area contributed by atoms with E-state index in [9.17, 15) is 31.5 Å². The second kappa shape index (κ2) is 10.6. The van der Waals surface area contributed by atoms with Crippen LogP contribution in [0.1, 0.15) is 44.1 Å². The normalized spacial score (nSPS) is 17.1. The monoisotopic (exact) mass is 524 g/mol. The topological polar surface area (TPSA) is 176 Å². The van der Waals surface area contributed by atoms with Crippen molar-refractivity contribution < 1.29 is 31.5 Å². The van der Waals surface area contributed by atoms with Crippen molar-refractivity contribution in [2.45, 2.75) is 49.5 Å². The van der Waals surface area contributed by atoms with E-state index in [1.54, 1.807) is 24.3 Å². The van der Waals surface area contributed by atoms with Gasteiger partial charge in [-0.15, -0.1) is 0 Å². The van der Waals surface area contributed by atoms with Gasteiger partial charge in [0.15, 0.2) is 0 Å². The fraction of sp³-hybridized carbons (Fsp3) is 0.364. The lowest BCUT2D eigenvalue weighted by Crippen LogP contribution is -2.39. The molecule has 1 saturated heterocycles. The SMILES string of the molecule is CCC(c1ccc(N2CC(=O)NS2(=O)=O)c(O)c1)C(CCCC(N)=O)NS(=O)(=O)c1ccccc1. The Morgan fingerprint density at radius 3 is 2.46 bits per heavy atom. The van der Waals surface area contributed by atoms with E-state index in [4.69, 9.17) is 5.73 Å². The predicted molar refractivity (Wildman–Crippen MR) is 129 cm³/mol. The lowest BCUT2D eigenvalue weighted by molar-refractivity contribution is -0.118. The number of carbonyl (C=O) groups is 2. The number of hydrogen-bond acceptors (Lipinski definition) is 7. The maximum Gasteiger partial charge on any atom is 0.326 e. The molecule has 0 spiro atoms. The molecule has 2 aromatic rings. The van der Waals surface area contributed by atoms with Crippen LogP contribution >= 0.6 is 0 Å². The molecule has 0 saturated carbocycles. The summed E-state index contributed by atoms with van der Waals surface area (Å²) in [5, 5.41) is 10.6. The average Bonchev–Trinajstić information content (AvgIpc) is 3.06. The zero-order valence-electron chi connectivity index (χ0n) is 19.0. The average molecular weight is 525 g/mol. The summed E-state index contributed by atoms with van der Waals surface area (Å²) in [4.78, 5) is 22.9. The molecule has 2 unspecified atom stereocenters. The Bertz CT molecular complexity index is 1300. The van der Waals surface area contributed by atoms with Gasteiger partial charge in [-0.05, 0) is 49.1 Å². The fourth-order valence-electron chi connectivity index (χ4n) is 4.10. The highest BCUT2D eigenvalue weighted by atomic mass is 32.2. The van der Waals surface area contributed by atoms with Gasteiger partial charge in [0.1, 0.15) is 12.3 Å². The quantitative estimate of drug-likeness (QED) is 0.340. The van der Waals surface area contributed by atoms with Gasteiger partial charge in [-0.2, -0.15) is 8.42 Å². The molecular weight excluding hydrogens is 496 g/mol. The summed E-state index contributed by atoms with van der Waals surface area (Å²) >= 11 is 0. The van der Waals surface area contributed by atoms with E-state index in [0.717, 1.165) is 4.31 Å². The van der Waals surface area contributed by atoms with Crippen LogP contribution in [0.2, 0.25) is 0 Å². The minimum absolute atomic E-state index is 0.0721. The third-order valence-electron chi connectivity index (χ3n) is 5.74. The molecule has 1 heterocycles. The molecule has 3 rings (SSSR count). The minimum Gasteiger partial charge on any atom is -0.506 e. The van der Waals surface area contributed by atoms with Gasteiger partial charge in [-0.1, -0.05) is 31.2 Å². The van der Waals surface area contributed by atoms with Gasteiger partial charge < -0.3 is 10.8 Å². The number of nitrogens with one attached hydrogen (secondary N) is 2. The largest absolute Gasteiger partial charge is 0.506 e. The molecule has 2 aromatic carbocycles. The number of primary amides is 1. The van der Waals surface area contributed by atoms with Crippen molar-refractivity contribution in [1.29, 1.82) is 0 Å². The number of nitrogens with two attached hydrogens (primary N) is 1. The number of rotatable bonds is 11. The highest BCUT2D eigenvalue weighted by Gasteiger charge is 2.36. The Morgan fingerprint density at radius 1 is 1.23 bits per heavy atom. The van der Waals surface area contributed by atoms with E-state index >= 15 is 0 Å². The molecular formula is C22H28N4O7S2. The van der Waals surface area contributed by atoms with Crippen LogP contribution in [0, 0.1) is 0 Å². The van der Waals surface area contributed by atoms with Crippen molar-refractivity contribution >= 4 is 37.7 Å². The second-order valence-corrected chi connectivity index (χ2v) is 11.5. The van der Waals surface area contributed by atoms with E-state index in [0.29, 0.717) is 24.8 Å². The molecule has 2 atom stereocenters. The predicted octanol–water partition coefficient (Wildman–Crippen LogP) is 1.07. The first-order valence-corrected chi connectivity index (χ1v) is 13.9. The first-order chi connectivity index (χ1) is 16.4. The standard InChI is InChI=1S/C22H28N4O7S2/c1-2-17(15-11-12-19(20(27)13-15)26-14-22(29)25-35(26,32)33)18(9-6-10-21(23)28)24-34(30,31)16-7-4-3-5-8-16/h3-5,7-8,11-13,17-18,24,27H,2,6,9-10,14H2,1H3,(H2,23,28)(H,25,29). The van der Waals surface area contributed by atoms with Crippen LogP contribution in [0.25, 0.3) is 0 Å². The molecule has 1 fully saturated rings. The summed E-state index contributed by atoms with van der Waals surface area (Å²) in [6, 6.07) is 11.5. The zero-order chi connectivity index (χ0) is 25.8. The molecule has 1 aliphatic rings. The number of benzene rings is 2. The number of sulfonamides is 1. The van der Waals surface area contributed by atoms with Gasteiger partial charge >= 0.3 is 10.2 Å². The summed E-state index contributed by atoms with van der Waals surface area (Å²) in [6.07, 6.45) is 1.20. The van der Waals surface area contributed by atoms with Crippen LogP contribution in [0.5, 0.6) is 5.75 Å². The Balaban J connectivity index is 1.93. The molecule has 2 amide bonds. The number of phenolic OH excluding ortho intramolecular Hbond substituents is 1. The lowest BCUT2D eigenvalue weighted by atomic mass is 9.86. The molecule has 1 aliphatic heterocycles. The molecule has 0 radical (unpaired) electrons. The number of carbonyl (C=O) groups excluding carboxylic acids is 2. The van der Waals surface area contributed by atoms with Gasteiger partial charge in [0.2, 0.25) is 15.9 Å². The van der Waals surface area contributed by atoms with Crippen LogP contribution in [0.15, 0.2) is 53.4 Å². The highest BCUT2D eigenvalue weighted by molar-refractivity contribution is 7.92. The summed E-state index contributed by atoms with van der Waals surface area (Å²) in [5.74, 6) is -2.01.